The standard InChI is InChI=1S/C20H10F2.C2H2Cl2/c21-19-8-7-15-14-6-5-13-12-4-2-1-3-11(12)9-16(13)17(14)10-18(15)20(19)22;1-2(3)4/h1-10H;1H2. The Hall–Kier alpha value is -2.42. The minimum atomic E-state index is -0.799. The summed E-state index contributed by atoms with van der Waals surface area (Å²) in [4.78, 5) is 0. The van der Waals surface area contributed by atoms with Crippen molar-refractivity contribution in [2.75, 3.05) is 0 Å². The van der Waals surface area contributed by atoms with E-state index in [-0.39, 0.29) is 4.49 Å². The summed E-state index contributed by atoms with van der Waals surface area (Å²) in [6.07, 6.45) is 3.89. The lowest BCUT2D eigenvalue weighted by Crippen LogP contribution is -2.25. The third-order valence-electron chi connectivity index (χ3n) is 4.55. The molecule has 0 radical (unpaired) electrons. The van der Waals surface area contributed by atoms with E-state index in [1.807, 2.05) is 18.2 Å². The van der Waals surface area contributed by atoms with Crippen molar-refractivity contribution in [3.8, 4) is 22.3 Å². The zero-order chi connectivity index (χ0) is 18.4. The van der Waals surface area contributed by atoms with Crippen LogP contribution in [0.15, 0.2) is 59.6 Å². The molecule has 0 aromatic heterocycles. The van der Waals surface area contributed by atoms with Gasteiger partial charge < -0.3 is 0 Å². The van der Waals surface area contributed by atoms with Crippen molar-refractivity contribution in [1.82, 2.24) is 0 Å². The first-order valence-corrected chi connectivity index (χ1v) is 8.67. The summed E-state index contributed by atoms with van der Waals surface area (Å²) >= 11 is 9.69. The highest BCUT2D eigenvalue weighted by atomic mass is 35.5. The predicted molar refractivity (Wildman–Crippen MR) is 104 cm³/mol. The molecular weight excluding hydrogens is 373 g/mol. The lowest BCUT2D eigenvalue weighted by Gasteiger charge is -2.04. The smallest absolute Gasteiger partial charge is 0.166 e. The van der Waals surface area contributed by atoms with E-state index < -0.39 is 11.6 Å². The Kier molecular flexibility index (Phi) is 4.18. The molecule has 0 amide bonds. The minimum absolute atomic E-state index is 0.111. The molecule has 0 saturated heterocycles. The molecule has 0 N–H and O–H groups in total. The van der Waals surface area contributed by atoms with Crippen LogP contribution in [0.1, 0.15) is 11.1 Å². The second-order valence-corrected chi connectivity index (χ2v) is 7.13. The van der Waals surface area contributed by atoms with Crippen LogP contribution >= 0.6 is 23.2 Å². The zero-order valence-corrected chi connectivity index (χ0v) is 15.0. The Morgan fingerprint density at radius 2 is 1.31 bits per heavy atom. The molecule has 4 heteroatoms. The van der Waals surface area contributed by atoms with Gasteiger partial charge in [-0.05, 0) is 56.5 Å². The topological polar surface area (TPSA) is 0 Å². The fourth-order valence-electron chi connectivity index (χ4n) is 3.53. The average Bonchev–Trinajstić information content (AvgIpc) is 3.16. The van der Waals surface area contributed by atoms with Crippen LogP contribution in [-0.2, 0) is 0 Å². The van der Waals surface area contributed by atoms with Gasteiger partial charge in [-0.25, -0.2) is 8.78 Å². The van der Waals surface area contributed by atoms with Crippen LogP contribution < -0.4 is 10.4 Å². The molecule has 0 fully saturated rings. The molecular formula is C22H12Cl2F2. The Morgan fingerprint density at radius 3 is 2.04 bits per heavy atom. The van der Waals surface area contributed by atoms with E-state index in [1.54, 1.807) is 12.1 Å². The highest BCUT2D eigenvalue weighted by Gasteiger charge is 2.21. The Bertz CT molecular complexity index is 1190. The van der Waals surface area contributed by atoms with Gasteiger partial charge in [0.25, 0.3) is 0 Å². The van der Waals surface area contributed by atoms with Gasteiger partial charge in [0.05, 0.1) is 4.49 Å². The Morgan fingerprint density at radius 1 is 0.731 bits per heavy atom. The van der Waals surface area contributed by atoms with Crippen molar-refractivity contribution < 1.29 is 8.78 Å². The van der Waals surface area contributed by atoms with Crippen LogP contribution in [0.4, 0.5) is 8.78 Å². The van der Waals surface area contributed by atoms with E-state index >= 15 is 0 Å². The molecule has 26 heavy (non-hydrogen) atoms. The van der Waals surface area contributed by atoms with Gasteiger partial charge in [-0.3, -0.25) is 0 Å². The second kappa shape index (κ2) is 6.39. The van der Waals surface area contributed by atoms with Crippen LogP contribution in [0, 0.1) is 11.6 Å². The molecule has 0 aliphatic heterocycles. The maximum absolute atomic E-state index is 14.1. The van der Waals surface area contributed by atoms with Gasteiger partial charge in [-0.2, -0.15) is 0 Å². The molecule has 3 aromatic rings. The van der Waals surface area contributed by atoms with Gasteiger partial charge in [-0.1, -0.05) is 72.2 Å². The fraction of sp³-hybridized carbons (Fsp3) is 0. The molecule has 3 aromatic carbocycles. The monoisotopic (exact) mass is 384 g/mol. The number of rotatable bonds is 0. The molecule has 0 unspecified atom stereocenters. The second-order valence-electron chi connectivity index (χ2n) is 6.03. The average molecular weight is 385 g/mol. The predicted octanol–water partition coefficient (Wildman–Crippen LogP) is 5.52. The fourth-order valence-corrected chi connectivity index (χ4v) is 3.53. The number of halogens is 4. The number of hydrogen-bond acceptors (Lipinski definition) is 0. The highest BCUT2D eigenvalue weighted by molar-refractivity contribution is 6.55. The van der Waals surface area contributed by atoms with Gasteiger partial charge in [0, 0.05) is 5.56 Å². The molecule has 0 saturated carbocycles. The van der Waals surface area contributed by atoms with Gasteiger partial charge in [0.1, 0.15) is 0 Å². The van der Waals surface area contributed by atoms with E-state index in [0.29, 0.717) is 5.56 Å². The molecule has 0 bridgehead atoms. The molecule has 0 nitrogen and oxygen atoms in total. The van der Waals surface area contributed by atoms with Crippen molar-refractivity contribution in [2.45, 2.75) is 0 Å². The van der Waals surface area contributed by atoms with Gasteiger partial charge in [-0.15, -0.1) is 0 Å². The van der Waals surface area contributed by atoms with E-state index in [0.717, 1.165) is 27.1 Å². The summed E-state index contributed by atoms with van der Waals surface area (Å²) in [5.41, 5.74) is 5.60. The third kappa shape index (κ3) is 2.66. The lowest BCUT2D eigenvalue weighted by atomic mass is 10.0. The highest BCUT2D eigenvalue weighted by Crippen LogP contribution is 2.32. The first-order chi connectivity index (χ1) is 12.5. The first-order valence-electron chi connectivity index (χ1n) is 7.91. The summed E-state index contributed by atoms with van der Waals surface area (Å²) in [5, 5.41) is 2.07. The maximum Gasteiger partial charge on any atom is 0.166 e. The maximum atomic E-state index is 14.1. The summed E-state index contributed by atoms with van der Waals surface area (Å²) in [6.45, 7) is 3.09. The van der Waals surface area contributed by atoms with Gasteiger partial charge in [0.2, 0.25) is 0 Å². The summed E-state index contributed by atoms with van der Waals surface area (Å²) in [6, 6.07) is 15.1. The van der Waals surface area contributed by atoms with E-state index in [2.05, 4.69) is 30.9 Å². The molecule has 2 aliphatic carbocycles. The summed E-state index contributed by atoms with van der Waals surface area (Å²) < 4.78 is 27.7. The van der Waals surface area contributed by atoms with Crippen LogP contribution in [0.25, 0.3) is 34.4 Å². The van der Waals surface area contributed by atoms with Crippen molar-refractivity contribution in [3.63, 3.8) is 0 Å². The van der Waals surface area contributed by atoms with Gasteiger partial charge in [0.15, 0.2) is 11.6 Å². The van der Waals surface area contributed by atoms with Crippen molar-refractivity contribution in [3.05, 3.63) is 92.8 Å². The van der Waals surface area contributed by atoms with Gasteiger partial charge >= 0.3 is 0 Å². The SMILES string of the molecule is C=C(Cl)Cl.Fc1ccc2c(c1F)C=c1c-2ccc2c1=Cc1ccccc1-2. The minimum Gasteiger partial charge on any atom is -0.204 e. The Labute approximate surface area is 159 Å². The van der Waals surface area contributed by atoms with Crippen molar-refractivity contribution >= 4 is 35.4 Å². The molecule has 0 heterocycles. The number of fused-ring (bicyclic) bond motifs is 7. The quantitative estimate of drug-likeness (QED) is 0.329. The van der Waals surface area contributed by atoms with Crippen LogP contribution in [0.3, 0.4) is 0 Å². The molecule has 0 atom stereocenters. The molecule has 2 aliphatic rings. The Balaban J connectivity index is 0.000000385. The van der Waals surface area contributed by atoms with E-state index in [1.165, 1.54) is 17.2 Å². The molecule has 128 valence electrons. The van der Waals surface area contributed by atoms with E-state index in [9.17, 15) is 8.78 Å². The summed E-state index contributed by atoms with van der Waals surface area (Å²) in [7, 11) is 0. The third-order valence-corrected chi connectivity index (χ3v) is 4.55. The van der Waals surface area contributed by atoms with Crippen LogP contribution in [0.5, 0.6) is 0 Å². The zero-order valence-electron chi connectivity index (χ0n) is 13.5. The van der Waals surface area contributed by atoms with Crippen LogP contribution in [-0.4, -0.2) is 0 Å². The largest absolute Gasteiger partial charge is 0.204 e. The van der Waals surface area contributed by atoms with Crippen molar-refractivity contribution in [1.29, 1.82) is 0 Å². The number of benzene rings is 3. The summed E-state index contributed by atoms with van der Waals surface area (Å²) in [5.74, 6) is -1.57. The van der Waals surface area contributed by atoms with Crippen molar-refractivity contribution in [2.24, 2.45) is 0 Å². The number of hydrogen-bond donors (Lipinski definition) is 0. The normalized spacial score (nSPS) is 11.8. The molecule has 0 spiro atoms. The first kappa shape index (κ1) is 17.0. The lowest BCUT2D eigenvalue weighted by molar-refractivity contribution is 0.507. The molecule has 5 rings (SSSR count). The van der Waals surface area contributed by atoms with Crippen LogP contribution in [0.2, 0.25) is 0 Å². The van der Waals surface area contributed by atoms with E-state index in [4.69, 9.17) is 23.2 Å².